The molecule has 3 aliphatic heterocycles. The van der Waals surface area contributed by atoms with Crippen molar-refractivity contribution in [2.24, 2.45) is 0 Å². The van der Waals surface area contributed by atoms with Gasteiger partial charge in [-0.2, -0.15) is 0 Å². The van der Waals surface area contributed by atoms with E-state index in [1.54, 1.807) is 0 Å². The molecule has 1 aromatic heterocycles. The predicted octanol–water partition coefficient (Wildman–Crippen LogP) is -2.84. The predicted molar refractivity (Wildman–Crippen MR) is 171 cm³/mol. The molecule has 0 aliphatic carbocycles. The smallest absolute Gasteiger partial charge is 0.239 e. The molecule has 3 fully saturated rings. The topological polar surface area (TPSA) is 328 Å². The molecule has 3 aromatic rings. The van der Waals surface area contributed by atoms with Gasteiger partial charge in [-0.3, -0.25) is 4.79 Å². The van der Waals surface area contributed by atoms with Crippen LogP contribution in [0.1, 0.15) is 13.8 Å². The molecule has 0 saturated carbocycles. The fourth-order valence-corrected chi connectivity index (χ4v) is 6.30. The Kier molecular flexibility index (Phi) is 11.1. The lowest BCUT2D eigenvalue weighted by Crippen LogP contribution is -2.63. The lowest BCUT2D eigenvalue weighted by molar-refractivity contribution is -0.357. The van der Waals surface area contributed by atoms with E-state index in [1.807, 2.05) is 0 Å². The Balaban J connectivity index is 1.20. The van der Waals surface area contributed by atoms with Gasteiger partial charge >= 0.3 is 0 Å². The van der Waals surface area contributed by atoms with Gasteiger partial charge in [0.1, 0.15) is 83.5 Å². The maximum absolute atomic E-state index is 13.7. The van der Waals surface area contributed by atoms with Gasteiger partial charge in [-0.05, 0) is 32.0 Å². The second-order valence-electron chi connectivity index (χ2n) is 13.1. The molecule has 0 amide bonds. The summed E-state index contributed by atoms with van der Waals surface area (Å²) in [7, 11) is 0. The summed E-state index contributed by atoms with van der Waals surface area (Å²) >= 11 is 0. The minimum Gasteiger partial charge on any atom is -0.508 e. The molecular weight excluding hydrogens is 716 g/mol. The molecule has 3 aliphatic rings. The van der Waals surface area contributed by atoms with Crippen molar-refractivity contribution in [2.75, 3.05) is 6.61 Å². The van der Waals surface area contributed by atoms with E-state index in [0.29, 0.717) is 0 Å². The van der Waals surface area contributed by atoms with E-state index in [4.69, 9.17) is 32.8 Å². The average Bonchev–Trinajstić information content (AvgIpc) is 3.11. The zero-order valence-electron chi connectivity index (χ0n) is 27.9. The summed E-state index contributed by atoms with van der Waals surface area (Å²) in [4.78, 5) is 13.7. The molecule has 292 valence electrons. The van der Waals surface area contributed by atoms with Gasteiger partial charge in [0, 0.05) is 17.7 Å². The summed E-state index contributed by atoms with van der Waals surface area (Å²) in [6, 6.07) is 5.16. The fraction of sp³-hybridized carbons (Fsp3) is 0.545. The van der Waals surface area contributed by atoms with E-state index in [1.165, 1.54) is 19.9 Å². The molecule has 3 saturated heterocycles. The molecule has 53 heavy (non-hydrogen) atoms. The van der Waals surface area contributed by atoms with Crippen LogP contribution in [0.15, 0.2) is 39.5 Å². The summed E-state index contributed by atoms with van der Waals surface area (Å²) in [5.74, 6) is -3.50. The van der Waals surface area contributed by atoms with Gasteiger partial charge in [0.25, 0.3) is 0 Å². The standard InChI is InChI=1S/C33H40O20/c1-9-19(38)22(41)25(44)32(48-9)52-28-10(2)49-31(27(46)24(28)43)47-8-17-20(39)23(42)26(45)33(51-17)53-30-21(40)18-15(37)6-12(34)7-16(18)50-29(30)11-3-4-13(35)14(36)5-11/h3-7,9-10,17,19-20,22-28,31-39,41-46H,8H2,1-2H3/t9-,10+,17+,19+,20+,22+,23+,24+,25-,26-,27+,28-,31+,32-,33+/m1/s1. The molecule has 15 atom stereocenters. The van der Waals surface area contributed by atoms with E-state index in [9.17, 15) is 66.1 Å². The summed E-state index contributed by atoms with van der Waals surface area (Å²) < 4.78 is 39.5. The van der Waals surface area contributed by atoms with E-state index < -0.39 is 144 Å². The maximum atomic E-state index is 13.7. The van der Waals surface area contributed by atoms with Crippen LogP contribution in [0.3, 0.4) is 0 Å². The second kappa shape index (κ2) is 15.1. The maximum Gasteiger partial charge on any atom is 0.239 e. The minimum absolute atomic E-state index is 0.0610. The highest BCUT2D eigenvalue weighted by Crippen LogP contribution is 2.40. The molecule has 0 radical (unpaired) electrons. The van der Waals surface area contributed by atoms with Crippen LogP contribution in [0.5, 0.6) is 28.7 Å². The van der Waals surface area contributed by atoms with Crippen molar-refractivity contribution in [2.45, 2.75) is 106 Å². The van der Waals surface area contributed by atoms with E-state index in [-0.39, 0.29) is 11.1 Å². The largest absolute Gasteiger partial charge is 0.508 e. The Morgan fingerprint density at radius 3 is 1.98 bits per heavy atom. The van der Waals surface area contributed by atoms with Gasteiger partial charge in [-0.15, -0.1) is 0 Å². The SMILES string of the molecule is C[C@@H]1O[C@H](OC[C@@H]2O[C@@H](Oc3c(-c4ccc(O)c(O)c4)oc4cc(O)cc(O)c4c3=O)[C@H](O)[C@@H](O)[C@H]2O)[C@@H](O)[C@H](O)[C@@H]1O[C@H]1O[C@H](C)[C@H](O)[C@H](O)[C@H]1O. The van der Waals surface area contributed by atoms with Crippen LogP contribution in [-0.4, -0.2) is 160 Å². The molecule has 12 N–H and O–H groups in total. The number of fused-ring (bicyclic) bond motifs is 1. The lowest BCUT2D eigenvalue weighted by Gasteiger charge is -2.46. The van der Waals surface area contributed by atoms with E-state index >= 15 is 0 Å². The Hall–Kier alpha value is -3.87. The van der Waals surface area contributed by atoms with Crippen LogP contribution < -0.4 is 10.2 Å². The molecule has 4 heterocycles. The first-order valence-electron chi connectivity index (χ1n) is 16.4. The molecule has 0 unspecified atom stereocenters. The third-order valence-corrected chi connectivity index (χ3v) is 9.36. The normalized spacial score (nSPS) is 37.8. The van der Waals surface area contributed by atoms with Crippen molar-refractivity contribution in [3.8, 4) is 40.1 Å². The number of hydrogen-bond donors (Lipinski definition) is 12. The number of phenolic OH excluding ortho intramolecular Hbond substituents is 4. The van der Waals surface area contributed by atoms with Gasteiger partial charge in [-0.25, -0.2) is 0 Å². The van der Waals surface area contributed by atoms with Crippen molar-refractivity contribution < 1.29 is 94.1 Å². The number of rotatable bonds is 8. The van der Waals surface area contributed by atoms with Crippen molar-refractivity contribution in [3.63, 3.8) is 0 Å². The van der Waals surface area contributed by atoms with Crippen molar-refractivity contribution in [1.29, 1.82) is 0 Å². The number of aromatic hydroxyl groups is 4. The molecule has 20 nitrogen and oxygen atoms in total. The Labute approximate surface area is 298 Å². The zero-order chi connectivity index (χ0) is 38.6. The summed E-state index contributed by atoms with van der Waals surface area (Å²) in [5, 5.41) is 124. The minimum atomic E-state index is -2.03. The monoisotopic (exact) mass is 756 g/mol. The number of benzene rings is 2. The first-order chi connectivity index (χ1) is 25.0. The quantitative estimate of drug-likeness (QED) is 0.103. The van der Waals surface area contributed by atoms with Crippen molar-refractivity contribution in [1.82, 2.24) is 0 Å². The van der Waals surface area contributed by atoms with Crippen LogP contribution >= 0.6 is 0 Å². The Bertz CT molecular complexity index is 1830. The fourth-order valence-electron chi connectivity index (χ4n) is 6.30. The molecule has 20 heteroatoms. The lowest BCUT2D eigenvalue weighted by atomic mass is 9.97. The number of aliphatic hydroxyl groups excluding tert-OH is 8. The van der Waals surface area contributed by atoms with Crippen LogP contribution in [0.4, 0.5) is 0 Å². The van der Waals surface area contributed by atoms with Crippen LogP contribution in [0.2, 0.25) is 0 Å². The van der Waals surface area contributed by atoms with Gasteiger partial charge in [0.2, 0.25) is 17.5 Å². The molecular formula is C33H40O20. The number of ether oxygens (including phenoxy) is 6. The third kappa shape index (κ3) is 7.34. The molecule has 6 rings (SSSR count). The molecule has 2 aromatic carbocycles. The van der Waals surface area contributed by atoms with Crippen molar-refractivity contribution in [3.05, 3.63) is 40.6 Å². The number of aliphatic hydroxyl groups is 8. The summed E-state index contributed by atoms with van der Waals surface area (Å²) in [6.45, 7) is 2.16. The number of phenols is 4. The first kappa shape index (κ1) is 38.8. The third-order valence-electron chi connectivity index (χ3n) is 9.36. The van der Waals surface area contributed by atoms with Gasteiger partial charge in [-0.1, -0.05) is 0 Å². The summed E-state index contributed by atoms with van der Waals surface area (Å²) in [6.07, 6.45) is -24.2. The second-order valence-corrected chi connectivity index (χ2v) is 13.1. The van der Waals surface area contributed by atoms with Gasteiger partial charge in [0.05, 0.1) is 18.8 Å². The highest BCUT2D eigenvalue weighted by Gasteiger charge is 2.51. The summed E-state index contributed by atoms with van der Waals surface area (Å²) in [5.41, 5.74) is -1.44. The number of hydrogen-bond acceptors (Lipinski definition) is 20. The Morgan fingerprint density at radius 1 is 0.642 bits per heavy atom. The van der Waals surface area contributed by atoms with Crippen LogP contribution in [0, 0.1) is 0 Å². The van der Waals surface area contributed by atoms with E-state index in [2.05, 4.69) is 0 Å². The van der Waals surface area contributed by atoms with Crippen molar-refractivity contribution >= 4 is 11.0 Å². The Morgan fingerprint density at radius 2 is 1.28 bits per heavy atom. The molecule has 0 spiro atoms. The highest BCUT2D eigenvalue weighted by atomic mass is 16.7. The van der Waals surface area contributed by atoms with Crippen LogP contribution in [-0.2, 0) is 23.7 Å². The van der Waals surface area contributed by atoms with E-state index in [0.717, 1.165) is 24.3 Å². The van der Waals surface area contributed by atoms with Gasteiger partial charge in [0.15, 0.2) is 29.8 Å². The zero-order valence-corrected chi connectivity index (χ0v) is 27.9. The first-order valence-corrected chi connectivity index (χ1v) is 16.4. The van der Waals surface area contributed by atoms with Crippen LogP contribution in [0.25, 0.3) is 22.3 Å². The van der Waals surface area contributed by atoms with Gasteiger partial charge < -0.3 is 94.1 Å². The molecule has 0 bridgehead atoms. The highest BCUT2D eigenvalue weighted by molar-refractivity contribution is 5.88. The average molecular weight is 757 g/mol.